The minimum absolute atomic E-state index is 0.0686. The molecule has 2 amide bonds. The number of hydrogen-bond acceptors (Lipinski definition) is 10. The molecule has 0 bridgehead atoms. The van der Waals surface area contributed by atoms with Gasteiger partial charge in [0.2, 0.25) is 5.91 Å². The number of anilines is 2. The van der Waals surface area contributed by atoms with Crippen molar-refractivity contribution in [1.29, 1.82) is 0 Å². The Bertz CT molecular complexity index is 1930. The Morgan fingerprint density at radius 1 is 0.925 bits per heavy atom. The van der Waals surface area contributed by atoms with E-state index in [9.17, 15) is 19.1 Å². The van der Waals surface area contributed by atoms with Gasteiger partial charge in [-0.25, -0.2) is 13.6 Å². The van der Waals surface area contributed by atoms with Crippen LogP contribution in [-0.4, -0.2) is 90.2 Å². The molecule has 0 radical (unpaired) electrons. The van der Waals surface area contributed by atoms with Crippen LogP contribution in [-0.2, 0) is 9.53 Å². The van der Waals surface area contributed by atoms with Gasteiger partial charge in [-0.2, -0.15) is 0 Å². The number of nitrogens with zero attached hydrogens (tertiary/aromatic N) is 3. The summed E-state index contributed by atoms with van der Waals surface area (Å²) in [5.74, 6) is -0.338. The fourth-order valence-electron chi connectivity index (χ4n) is 6.08. The lowest BCUT2D eigenvalue weighted by atomic mass is 10.0. The third kappa shape index (κ3) is 9.24. The molecule has 53 heavy (non-hydrogen) atoms. The number of carbonyl (C=O) groups is 2. The van der Waals surface area contributed by atoms with E-state index in [4.69, 9.17) is 18.9 Å². The van der Waals surface area contributed by atoms with Crippen LogP contribution in [0.5, 0.6) is 23.0 Å². The maximum absolute atomic E-state index is 15.4. The smallest absolute Gasteiger partial charge is 0.410 e. The number of aliphatic hydroxyl groups excluding tert-OH is 1. The van der Waals surface area contributed by atoms with E-state index in [1.807, 2.05) is 20.8 Å². The van der Waals surface area contributed by atoms with E-state index >= 15 is 4.39 Å². The molecular weight excluding hydrogens is 688 g/mol. The molecule has 6 rings (SSSR count). The minimum atomic E-state index is -1.22. The van der Waals surface area contributed by atoms with Gasteiger partial charge < -0.3 is 39.6 Å². The number of piperazine rings is 1. The molecule has 1 aliphatic carbocycles. The van der Waals surface area contributed by atoms with E-state index in [0.717, 1.165) is 32.1 Å². The summed E-state index contributed by atoms with van der Waals surface area (Å²) in [4.78, 5) is 34.0. The van der Waals surface area contributed by atoms with Gasteiger partial charge in [0.15, 0.2) is 23.1 Å². The highest BCUT2D eigenvalue weighted by Gasteiger charge is 2.56. The largest absolute Gasteiger partial charge is 0.493 e. The van der Waals surface area contributed by atoms with Crippen molar-refractivity contribution in [3.8, 4) is 23.0 Å². The first-order valence-electron chi connectivity index (χ1n) is 17.6. The molecule has 3 N–H and O–H groups in total. The molecule has 1 atom stereocenters. The van der Waals surface area contributed by atoms with Gasteiger partial charge in [-0.1, -0.05) is 0 Å². The summed E-state index contributed by atoms with van der Waals surface area (Å²) in [7, 11) is 1.53. The predicted molar refractivity (Wildman–Crippen MR) is 195 cm³/mol. The standard InChI is InChI=1S/C39H45F2N5O7/c1-38(2,3)53-37(49)46-19-17-45(18-20-46)16-5-21-51-34-24-30-28(23-33(34)50-4)31(12-15-42-30)52-32-11-10-27(22-29(32)41)44-36(48)39(13-14-39)35(47)43-26-8-6-25(40)7-9-26/h6-12,15,22-24,35,43,47H,5,13-14,16-21H2,1-4H3,(H,44,48). The lowest BCUT2D eigenvalue weighted by Gasteiger charge is -2.35. The van der Waals surface area contributed by atoms with E-state index in [2.05, 4.69) is 20.5 Å². The summed E-state index contributed by atoms with van der Waals surface area (Å²) >= 11 is 0. The van der Waals surface area contributed by atoms with Crippen molar-refractivity contribution in [1.82, 2.24) is 14.8 Å². The first-order valence-corrected chi connectivity index (χ1v) is 17.6. The van der Waals surface area contributed by atoms with Gasteiger partial charge in [0, 0.05) is 67.8 Å². The van der Waals surface area contributed by atoms with Crippen LogP contribution in [0, 0.1) is 17.0 Å². The van der Waals surface area contributed by atoms with Crippen molar-refractivity contribution < 1.29 is 42.4 Å². The molecule has 1 saturated heterocycles. The van der Waals surface area contributed by atoms with Gasteiger partial charge in [0.25, 0.3) is 0 Å². The molecule has 1 saturated carbocycles. The molecule has 12 nitrogen and oxygen atoms in total. The number of ether oxygens (including phenoxy) is 4. The van der Waals surface area contributed by atoms with Gasteiger partial charge in [-0.3, -0.25) is 14.7 Å². The average Bonchev–Trinajstić information content (AvgIpc) is 3.94. The van der Waals surface area contributed by atoms with Crippen molar-refractivity contribution in [2.75, 3.05) is 57.1 Å². The number of methoxy groups -OCH3 is 1. The highest BCUT2D eigenvalue weighted by atomic mass is 19.1. The minimum Gasteiger partial charge on any atom is -0.493 e. The molecule has 4 aromatic rings. The van der Waals surface area contributed by atoms with Crippen molar-refractivity contribution in [3.05, 3.63) is 78.5 Å². The number of aromatic nitrogens is 1. The van der Waals surface area contributed by atoms with Gasteiger partial charge >= 0.3 is 6.09 Å². The molecule has 14 heteroatoms. The predicted octanol–water partition coefficient (Wildman–Crippen LogP) is 6.78. The number of hydrogen-bond donors (Lipinski definition) is 3. The maximum Gasteiger partial charge on any atom is 0.410 e. The fourth-order valence-corrected chi connectivity index (χ4v) is 6.08. The van der Waals surface area contributed by atoms with E-state index < -0.39 is 34.8 Å². The second kappa shape index (κ2) is 15.8. The molecular formula is C39H45F2N5O7. The monoisotopic (exact) mass is 733 g/mol. The summed E-state index contributed by atoms with van der Waals surface area (Å²) in [6, 6.07) is 14.6. The van der Waals surface area contributed by atoms with E-state index in [-0.39, 0.29) is 17.5 Å². The molecule has 2 heterocycles. The van der Waals surface area contributed by atoms with Crippen LogP contribution < -0.4 is 24.8 Å². The number of benzene rings is 3. The van der Waals surface area contributed by atoms with E-state index in [1.165, 1.54) is 43.5 Å². The van der Waals surface area contributed by atoms with Crippen molar-refractivity contribution >= 4 is 34.3 Å². The zero-order valence-electron chi connectivity index (χ0n) is 30.3. The molecule has 2 aliphatic rings. The van der Waals surface area contributed by atoms with Crippen LogP contribution in [0.25, 0.3) is 10.9 Å². The number of aliphatic hydroxyl groups is 1. The van der Waals surface area contributed by atoms with Gasteiger partial charge in [-0.15, -0.1) is 0 Å². The first-order chi connectivity index (χ1) is 25.3. The number of pyridine rings is 1. The van der Waals surface area contributed by atoms with Crippen molar-refractivity contribution in [2.45, 2.75) is 51.9 Å². The molecule has 1 aromatic heterocycles. The lowest BCUT2D eigenvalue weighted by molar-refractivity contribution is -0.124. The second-order valence-electron chi connectivity index (χ2n) is 14.3. The molecule has 282 valence electrons. The van der Waals surface area contributed by atoms with Crippen molar-refractivity contribution in [2.24, 2.45) is 5.41 Å². The zero-order valence-corrected chi connectivity index (χ0v) is 30.3. The van der Waals surface area contributed by atoms with Crippen LogP contribution in [0.2, 0.25) is 0 Å². The van der Waals surface area contributed by atoms with Crippen LogP contribution in [0.4, 0.5) is 25.0 Å². The van der Waals surface area contributed by atoms with Crippen LogP contribution in [0.3, 0.4) is 0 Å². The molecule has 2 fully saturated rings. The lowest BCUT2D eigenvalue weighted by Crippen LogP contribution is -2.50. The topological polar surface area (TPSA) is 135 Å². The van der Waals surface area contributed by atoms with E-state index in [0.29, 0.717) is 66.4 Å². The van der Waals surface area contributed by atoms with Crippen LogP contribution >= 0.6 is 0 Å². The van der Waals surface area contributed by atoms with Crippen LogP contribution in [0.1, 0.15) is 40.0 Å². The Kier molecular flexibility index (Phi) is 11.2. The Morgan fingerprint density at radius 2 is 1.64 bits per heavy atom. The summed E-state index contributed by atoms with van der Waals surface area (Å²) in [6.45, 7) is 9.55. The first kappa shape index (κ1) is 37.5. The normalized spacial score (nSPS) is 16.1. The fraction of sp³-hybridized carbons (Fsp3) is 0.410. The Hall–Kier alpha value is -5.21. The van der Waals surface area contributed by atoms with Gasteiger partial charge in [0.1, 0.15) is 23.4 Å². The zero-order chi connectivity index (χ0) is 37.8. The quantitative estimate of drug-likeness (QED) is 0.0997. The third-order valence-corrected chi connectivity index (χ3v) is 9.21. The molecule has 1 aliphatic heterocycles. The second-order valence-corrected chi connectivity index (χ2v) is 14.3. The number of rotatable bonds is 13. The third-order valence-electron chi connectivity index (χ3n) is 9.21. The Morgan fingerprint density at radius 3 is 2.30 bits per heavy atom. The molecule has 1 unspecified atom stereocenters. The summed E-state index contributed by atoms with van der Waals surface area (Å²) < 4.78 is 51.8. The van der Waals surface area contributed by atoms with Crippen molar-refractivity contribution in [3.63, 3.8) is 0 Å². The van der Waals surface area contributed by atoms with E-state index in [1.54, 1.807) is 29.3 Å². The average molecular weight is 734 g/mol. The number of amides is 2. The number of halogens is 2. The summed E-state index contributed by atoms with van der Waals surface area (Å²) in [5, 5.41) is 16.9. The SMILES string of the molecule is COc1cc2c(Oc3ccc(NC(=O)C4(C(O)Nc5ccc(F)cc5)CC4)cc3F)ccnc2cc1OCCCN1CCN(C(=O)OC(C)(C)C)CC1. The highest BCUT2D eigenvalue weighted by molar-refractivity contribution is 5.98. The summed E-state index contributed by atoms with van der Waals surface area (Å²) in [6.07, 6.45) is 1.67. The van der Waals surface area contributed by atoms with Crippen LogP contribution in [0.15, 0.2) is 66.9 Å². The number of nitrogens with one attached hydrogen (secondary N) is 2. The number of carbonyl (C=O) groups excluding carboxylic acids is 2. The molecule has 0 spiro atoms. The highest BCUT2D eigenvalue weighted by Crippen LogP contribution is 2.50. The van der Waals surface area contributed by atoms with Gasteiger partial charge in [-0.05, 0) is 88.6 Å². The Balaban J connectivity index is 1.03. The summed E-state index contributed by atoms with van der Waals surface area (Å²) in [5.41, 5.74) is -0.393. The Labute approximate surface area is 307 Å². The van der Waals surface area contributed by atoms with Gasteiger partial charge in [0.05, 0.1) is 24.6 Å². The molecule has 3 aromatic carbocycles. The maximum atomic E-state index is 15.4. The number of fused-ring (bicyclic) bond motifs is 1.